The Kier molecular flexibility index (Phi) is 5.22. The minimum absolute atomic E-state index is 0.131. The molecule has 1 unspecified atom stereocenters. The maximum atomic E-state index is 11.8. The summed E-state index contributed by atoms with van der Waals surface area (Å²) >= 11 is 0. The fourth-order valence-electron chi connectivity index (χ4n) is 1.96. The first-order chi connectivity index (χ1) is 7.55. The molecule has 1 amide bonds. The summed E-state index contributed by atoms with van der Waals surface area (Å²) in [5.74, 6) is 0.283. The Morgan fingerprint density at radius 1 is 1.56 bits per heavy atom. The van der Waals surface area contributed by atoms with Crippen LogP contribution < -0.4 is 10.6 Å². The third kappa shape index (κ3) is 4.49. The molecule has 1 atom stereocenters. The number of ether oxygens (including phenoxy) is 1. The molecule has 0 spiro atoms. The van der Waals surface area contributed by atoms with Crippen molar-refractivity contribution in [3.8, 4) is 0 Å². The average Bonchev–Trinajstić information content (AvgIpc) is 2.27. The molecule has 0 aromatic rings. The molecule has 4 heteroatoms. The van der Waals surface area contributed by atoms with Gasteiger partial charge < -0.3 is 15.4 Å². The number of carbonyl (C=O) groups excluding carboxylic acids is 1. The maximum absolute atomic E-state index is 11.8. The van der Waals surface area contributed by atoms with Crippen molar-refractivity contribution in [2.75, 3.05) is 26.2 Å². The summed E-state index contributed by atoms with van der Waals surface area (Å²) in [4.78, 5) is 11.8. The minimum Gasteiger partial charge on any atom is -0.374 e. The lowest BCUT2D eigenvalue weighted by atomic mass is 9.98. The normalized spacial score (nSPS) is 21.8. The number of hydrogen-bond acceptors (Lipinski definition) is 3. The topological polar surface area (TPSA) is 50.4 Å². The molecule has 1 aliphatic heterocycles. The van der Waals surface area contributed by atoms with Gasteiger partial charge in [-0.3, -0.25) is 4.79 Å². The fourth-order valence-corrected chi connectivity index (χ4v) is 1.96. The Labute approximate surface area is 98.1 Å². The smallest absolute Gasteiger partial charge is 0.224 e. The molecule has 0 aromatic heterocycles. The maximum Gasteiger partial charge on any atom is 0.224 e. The Morgan fingerprint density at radius 2 is 2.31 bits per heavy atom. The van der Waals surface area contributed by atoms with Crippen molar-refractivity contribution in [3.63, 3.8) is 0 Å². The van der Waals surface area contributed by atoms with Gasteiger partial charge in [0.1, 0.15) is 0 Å². The summed E-state index contributed by atoms with van der Waals surface area (Å²) in [7, 11) is 0. The first-order valence-corrected chi connectivity index (χ1v) is 6.17. The molecule has 1 aliphatic rings. The lowest BCUT2D eigenvalue weighted by Gasteiger charge is -2.27. The van der Waals surface area contributed by atoms with Gasteiger partial charge in [0.25, 0.3) is 0 Å². The number of nitrogens with one attached hydrogen (secondary N) is 2. The summed E-state index contributed by atoms with van der Waals surface area (Å²) in [6.07, 6.45) is 2.08. The van der Waals surface area contributed by atoms with E-state index in [9.17, 15) is 4.79 Å². The van der Waals surface area contributed by atoms with Gasteiger partial charge >= 0.3 is 0 Å². The van der Waals surface area contributed by atoms with Crippen molar-refractivity contribution in [1.82, 2.24) is 10.6 Å². The molecular weight excluding hydrogens is 204 g/mol. The molecule has 0 bridgehead atoms. The van der Waals surface area contributed by atoms with Crippen molar-refractivity contribution < 1.29 is 9.53 Å². The predicted molar refractivity (Wildman–Crippen MR) is 64.3 cm³/mol. The monoisotopic (exact) mass is 228 g/mol. The van der Waals surface area contributed by atoms with Gasteiger partial charge in [-0.15, -0.1) is 0 Å². The average molecular weight is 228 g/mol. The molecule has 1 saturated heterocycles. The van der Waals surface area contributed by atoms with Crippen molar-refractivity contribution in [1.29, 1.82) is 0 Å². The highest BCUT2D eigenvalue weighted by atomic mass is 16.5. The van der Waals surface area contributed by atoms with E-state index in [1.54, 1.807) is 0 Å². The van der Waals surface area contributed by atoms with Gasteiger partial charge in [0.2, 0.25) is 5.91 Å². The van der Waals surface area contributed by atoms with Crippen LogP contribution in [0.2, 0.25) is 0 Å². The van der Waals surface area contributed by atoms with E-state index >= 15 is 0 Å². The van der Waals surface area contributed by atoms with Crippen LogP contribution in [0.4, 0.5) is 0 Å². The Bertz CT molecular complexity index is 223. The third-order valence-corrected chi connectivity index (χ3v) is 2.89. The van der Waals surface area contributed by atoms with Crippen LogP contribution in [0.5, 0.6) is 0 Å². The van der Waals surface area contributed by atoms with E-state index in [-0.39, 0.29) is 17.4 Å². The lowest BCUT2D eigenvalue weighted by Crippen LogP contribution is -2.46. The van der Waals surface area contributed by atoms with E-state index in [0.717, 1.165) is 25.9 Å². The van der Waals surface area contributed by atoms with E-state index in [2.05, 4.69) is 10.6 Å². The predicted octanol–water partition coefficient (Wildman–Crippen LogP) is 0.917. The highest BCUT2D eigenvalue weighted by Gasteiger charge is 2.24. The summed E-state index contributed by atoms with van der Waals surface area (Å²) in [6.45, 7) is 9.06. The highest BCUT2D eigenvalue weighted by molar-refractivity contribution is 5.79. The van der Waals surface area contributed by atoms with Gasteiger partial charge in [0.15, 0.2) is 0 Å². The zero-order valence-corrected chi connectivity index (χ0v) is 10.6. The molecule has 4 nitrogen and oxygen atoms in total. The second kappa shape index (κ2) is 6.21. The molecule has 0 radical (unpaired) electrons. The van der Waals surface area contributed by atoms with Crippen molar-refractivity contribution in [3.05, 3.63) is 0 Å². The van der Waals surface area contributed by atoms with Gasteiger partial charge in [-0.2, -0.15) is 0 Å². The van der Waals surface area contributed by atoms with Crippen molar-refractivity contribution in [2.45, 2.75) is 39.2 Å². The number of rotatable bonds is 5. The molecule has 1 fully saturated rings. The minimum atomic E-state index is -0.271. The van der Waals surface area contributed by atoms with Crippen LogP contribution in [0.1, 0.15) is 33.6 Å². The van der Waals surface area contributed by atoms with Gasteiger partial charge in [-0.25, -0.2) is 0 Å². The molecule has 0 aromatic carbocycles. The van der Waals surface area contributed by atoms with Crippen LogP contribution in [0.15, 0.2) is 0 Å². The number of amides is 1. The van der Waals surface area contributed by atoms with Crippen LogP contribution in [-0.4, -0.2) is 37.7 Å². The molecule has 16 heavy (non-hydrogen) atoms. The molecular formula is C12H24N2O2. The Hall–Kier alpha value is -0.610. The molecule has 1 heterocycles. The SMILES string of the molecule is CCOC(C)(C)CNC(=O)C1CCCNC1. The molecule has 0 aliphatic carbocycles. The van der Waals surface area contributed by atoms with Crippen LogP contribution in [-0.2, 0) is 9.53 Å². The Balaban J connectivity index is 2.28. The summed E-state index contributed by atoms with van der Waals surface area (Å²) < 4.78 is 5.54. The standard InChI is InChI=1S/C12H24N2O2/c1-4-16-12(2,3)9-14-11(15)10-6-5-7-13-8-10/h10,13H,4-9H2,1-3H3,(H,14,15). The van der Waals surface area contributed by atoms with E-state index in [1.807, 2.05) is 20.8 Å². The number of piperidine rings is 1. The first-order valence-electron chi connectivity index (χ1n) is 6.17. The van der Waals surface area contributed by atoms with Gasteiger partial charge in [-0.05, 0) is 40.2 Å². The number of carbonyl (C=O) groups is 1. The van der Waals surface area contributed by atoms with Gasteiger partial charge in [0.05, 0.1) is 11.5 Å². The Morgan fingerprint density at radius 3 is 2.88 bits per heavy atom. The van der Waals surface area contributed by atoms with Crippen molar-refractivity contribution in [2.24, 2.45) is 5.92 Å². The quantitative estimate of drug-likeness (QED) is 0.735. The van der Waals surface area contributed by atoms with Crippen molar-refractivity contribution >= 4 is 5.91 Å². The van der Waals surface area contributed by atoms with Crippen LogP contribution in [0, 0.1) is 5.92 Å². The lowest BCUT2D eigenvalue weighted by molar-refractivity contribution is -0.127. The zero-order chi connectivity index (χ0) is 12.0. The fraction of sp³-hybridized carbons (Fsp3) is 0.917. The highest BCUT2D eigenvalue weighted by Crippen LogP contribution is 2.11. The second-order valence-corrected chi connectivity index (χ2v) is 4.95. The van der Waals surface area contributed by atoms with Gasteiger partial charge in [-0.1, -0.05) is 0 Å². The second-order valence-electron chi connectivity index (χ2n) is 4.95. The first kappa shape index (κ1) is 13.5. The zero-order valence-electron chi connectivity index (χ0n) is 10.6. The molecule has 1 rings (SSSR count). The van der Waals surface area contributed by atoms with E-state index in [1.165, 1.54) is 0 Å². The van der Waals surface area contributed by atoms with Crippen LogP contribution in [0.3, 0.4) is 0 Å². The summed E-state index contributed by atoms with van der Waals surface area (Å²) in [5.41, 5.74) is -0.271. The third-order valence-electron chi connectivity index (χ3n) is 2.89. The van der Waals surface area contributed by atoms with Gasteiger partial charge in [0, 0.05) is 19.7 Å². The van der Waals surface area contributed by atoms with Crippen LogP contribution in [0.25, 0.3) is 0 Å². The summed E-state index contributed by atoms with van der Waals surface area (Å²) in [5, 5.41) is 6.22. The molecule has 2 N–H and O–H groups in total. The van der Waals surface area contributed by atoms with E-state index < -0.39 is 0 Å². The number of hydrogen-bond donors (Lipinski definition) is 2. The van der Waals surface area contributed by atoms with Crippen LogP contribution >= 0.6 is 0 Å². The van der Waals surface area contributed by atoms with E-state index in [0.29, 0.717) is 13.2 Å². The molecule has 94 valence electrons. The largest absolute Gasteiger partial charge is 0.374 e. The van der Waals surface area contributed by atoms with E-state index in [4.69, 9.17) is 4.74 Å². The molecule has 0 saturated carbocycles. The summed E-state index contributed by atoms with van der Waals surface area (Å²) in [6, 6.07) is 0.